The van der Waals surface area contributed by atoms with Crippen LogP contribution in [0, 0.1) is 13.8 Å². The third kappa shape index (κ3) is 1.99. The van der Waals surface area contributed by atoms with Crippen LogP contribution in [0.15, 0.2) is 41.3 Å². The van der Waals surface area contributed by atoms with Gasteiger partial charge in [0.2, 0.25) is 5.56 Å². The molecular weight excluding hydrogens is 186 g/mol. The summed E-state index contributed by atoms with van der Waals surface area (Å²) in [7, 11) is 0. The molecule has 0 atom stereocenters. The molecule has 0 spiro atoms. The summed E-state index contributed by atoms with van der Waals surface area (Å²) in [5.74, 6) is 0. The number of nitrogens with one attached hydrogen (secondary N) is 1. The molecule has 0 aliphatic carbocycles. The highest BCUT2D eigenvalue weighted by molar-refractivity contribution is 5.66. The van der Waals surface area contributed by atoms with Gasteiger partial charge >= 0.3 is 0 Å². The van der Waals surface area contributed by atoms with Crippen LogP contribution in [0.3, 0.4) is 0 Å². The number of H-pyrrole nitrogens is 1. The van der Waals surface area contributed by atoms with E-state index in [0.717, 1.165) is 11.1 Å². The Labute approximate surface area is 88.6 Å². The normalized spacial score (nSPS) is 10.3. The van der Waals surface area contributed by atoms with E-state index in [1.54, 1.807) is 12.3 Å². The molecule has 0 fully saturated rings. The zero-order valence-electron chi connectivity index (χ0n) is 8.87. The van der Waals surface area contributed by atoms with Gasteiger partial charge in [-0.1, -0.05) is 23.8 Å². The van der Waals surface area contributed by atoms with Crippen LogP contribution in [-0.4, -0.2) is 4.98 Å². The molecule has 1 N–H and O–H groups in total. The minimum atomic E-state index is -0.0625. The maximum Gasteiger partial charge on any atom is 0.248 e. The van der Waals surface area contributed by atoms with E-state index in [0.29, 0.717) is 0 Å². The van der Waals surface area contributed by atoms with Gasteiger partial charge in [-0.2, -0.15) is 0 Å². The zero-order chi connectivity index (χ0) is 10.8. The first-order valence-corrected chi connectivity index (χ1v) is 4.93. The summed E-state index contributed by atoms with van der Waals surface area (Å²) in [6.07, 6.45) is 1.68. The number of benzene rings is 1. The van der Waals surface area contributed by atoms with E-state index >= 15 is 0 Å². The molecule has 1 aromatic carbocycles. The SMILES string of the molecule is Cc1ccc(-c2cc[nH]c(=O)c2)c(C)c1. The Morgan fingerprint density at radius 2 is 1.87 bits per heavy atom. The highest BCUT2D eigenvalue weighted by Crippen LogP contribution is 2.22. The average Bonchev–Trinajstić information content (AvgIpc) is 2.17. The van der Waals surface area contributed by atoms with E-state index in [1.807, 2.05) is 6.07 Å². The second kappa shape index (κ2) is 3.73. The number of hydrogen-bond acceptors (Lipinski definition) is 1. The van der Waals surface area contributed by atoms with Crippen LogP contribution in [0.4, 0.5) is 0 Å². The van der Waals surface area contributed by atoms with Gasteiger partial charge in [0.25, 0.3) is 0 Å². The van der Waals surface area contributed by atoms with E-state index in [9.17, 15) is 4.79 Å². The van der Waals surface area contributed by atoms with Gasteiger partial charge in [0.05, 0.1) is 0 Å². The largest absolute Gasteiger partial charge is 0.329 e. The summed E-state index contributed by atoms with van der Waals surface area (Å²) >= 11 is 0. The van der Waals surface area contributed by atoms with Crippen LogP contribution >= 0.6 is 0 Å². The summed E-state index contributed by atoms with van der Waals surface area (Å²) in [5.41, 5.74) is 4.46. The minimum absolute atomic E-state index is 0.0625. The molecule has 0 saturated carbocycles. The fraction of sp³-hybridized carbons (Fsp3) is 0.154. The van der Waals surface area contributed by atoms with Crippen LogP contribution in [0.2, 0.25) is 0 Å². The van der Waals surface area contributed by atoms with E-state index in [1.165, 1.54) is 11.1 Å². The van der Waals surface area contributed by atoms with Gasteiger partial charge < -0.3 is 4.98 Å². The van der Waals surface area contributed by atoms with Crippen molar-refractivity contribution in [2.45, 2.75) is 13.8 Å². The lowest BCUT2D eigenvalue weighted by atomic mass is 10.00. The molecule has 0 bridgehead atoms. The van der Waals surface area contributed by atoms with Crippen molar-refractivity contribution in [2.75, 3.05) is 0 Å². The lowest BCUT2D eigenvalue weighted by molar-refractivity contribution is 1.24. The number of aromatic amines is 1. The number of hydrogen-bond donors (Lipinski definition) is 1. The molecule has 2 heteroatoms. The fourth-order valence-corrected chi connectivity index (χ4v) is 1.75. The van der Waals surface area contributed by atoms with Gasteiger partial charge in [0.15, 0.2) is 0 Å². The van der Waals surface area contributed by atoms with Crippen LogP contribution in [-0.2, 0) is 0 Å². The van der Waals surface area contributed by atoms with Crippen molar-refractivity contribution >= 4 is 0 Å². The molecule has 0 aliphatic heterocycles. The third-order valence-electron chi connectivity index (χ3n) is 2.47. The Morgan fingerprint density at radius 1 is 1.07 bits per heavy atom. The predicted molar refractivity (Wildman–Crippen MR) is 62.0 cm³/mol. The van der Waals surface area contributed by atoms with E-state index < -0.39 is 0 Å². The highest BCUT2D eigenvalue weighted by atomic mass is 16.1. The second-order valence-electron chi connectivity index (χ2n) is 3.76. The van der Waals surface area contributed by atoms with Crippen molar-refractivity contribution in [3.63, 3.8) is 0 Å². The van der Waals surface area contributed by atoms with E-state index in [-0.39, 0.29) is 5.56 Å². The molecule has 0 radical (unpaired) electrons. The Balaban J connectivity index is 2.59. The summed E-state index contributed by atoms with van der Waals surface area (Å²) in [6.45, 7) is 4.12. The molecule has 0 amide bonds. The predicted octanol–water partition coefficient (Wildman–Crippen LogP) is 2.66. The highest BCUT2D eigenvalue weighted by Gasteiger charge is 2.01. The van der Waals surface area contributed by atoms with Crippen molar-refractivity contribution in [3.8, 4) is 11.1 Å². The maximum absolute atomic E-state index is 11.2. The molecule has 76 valence electrons. The fourth-order valence-electron chi connectivity index (χ4n) is 1.75. The molecule has 1 heterocycles. The monoisotopic (exact) mass is 199 g/mol. The van der Waals surface area contributed by atoms with Gasteiger partial charge in [0.1, 0.15) is 0 Å². The number of aryl methyl sites for hydroxylation is 2. The number of aromatic nitrogens is 1. The Morgan fingerprint density at radius 3 is 2.53 bits per heavy atom. The molecule has 1 aromatic heterocycles. The second-order valence-corrected chi connectivity index (χ2v) is 3.76. The average molecular weight is 199 g/mol. The molecular formula is C13H13NO. The maximum atomic E-state index is 11.2. The standard InChI is InChI=1S/C13H13NO/c1-9-3-4-12(10(2)7-9)11-5-6-14-13(15)8-11/h3-8H,1-2H3,(H,14,15). The molecule has 0 saturated heterocycles. The first-order chi connectivity index (χ1) is 7.16. The lowest BCUT2D eigenvalue weighted by Gasteiger charge is -2.06. The van der Waals surface area contributed by atoms with Gasteiger partial charge in [-0.05, 0) is 36.6 Å². The van der Waals surface area contributed by atoms with Crippen molar-refractivity contribution in [3.05, 3.63) is 58.0 Å². The van der Waals surface area contributed by atoms with E-state index in [2.05, 4.69) is 37.0 Å². The van der Waals surface area contributed by atoms with Crippen molar-refractivity contribution in [1.82, 2.24) is 4.98 Å². The summed E-state index contributed by atoms with van der Waals surface area (Å²) in [4.78, 5) is 13.8. The summed E-state index contributed by atoms with van der Waals surface area (Å²) < 4.78 is 0. The van der Waals surface area contributed by atoms with E-state index in [4.69, 9.17) is 0 Å². The van der Waals surface area contributed by atoms with Crippen molar-refractivity contribution < 1.29 is 0 Å². The van der Waals surface area contributed by atoms with Crippen molar-refractivity contribution in [2.24, 2.45) is 0 Å². The summed E-state index contributed by atoms with van der Waals surface area (Å²) in [6, 6.07) is 9.77. The first-order valence-electron chi connectivity index (χ1n) is 4.93. The summed E-state index contributed by atoms with van der Waals surface area (Å²) in [5, 5.41) is 0. The number of pyridine rings is 1. The Bertz CT molecular complexity index is 540. The molecule has 0 unspecified atom stereocenters. The minimum Gasteiger partial charge on any atom is -0.329 e. The lowest BCUT2D eigenvalue weighted by Crippen LogP contribution is -2.02. The van der Waals surface area contributed by atoms with Crippen LogP contribution in [0.1, 0.15) is 11.1 Å². The van der Waals surface area contributed by atoms with Crippen molar-refractivity contribution in [1.29, 1.82) is 0 Å². The zero-order valence-corrected chi connectivity index (χ0v) is 8.87. The van der Waals surface area contributed by atoms with Gasteiger partial charge in [-0.3, -0.25) is 4.79 Å². The van der Waals surface area contributed by atoms with Gasteiger partial charge in [0, 0.05) is 12.3 Å². The number of rotatable bonds is 1. The van der Waals surface area contributed by atoms with Crippen LogP contribution in [0.5, 0.6) is 0 Å². The Hall–Kier alpha value is -1.83. The Kier molecular flexibility index (Phi) is 2.42. The smallest absolute Gasteiger partial charge is 0.248 e. The van der Waals surface area contributed by atoms with Crippen LogP contribution < -0.4 is 5.56 Å². The molecule has 2 aromatic rings. The quantitative estimate of drug-likeness (QED) is 0.752. The third-order valence-corrected chi connectivity index (χ3v) is 2.47. The molecule has 0 aliphatic rings. The van der Waals surface area contributed by atoms with Crippen LogP contribution in [0.25, 0.3) is 11.1 Å². The molecule has 2 rings (SSSR count). The van der Waals surface area contributed by atoms with Gasteiger partial charge in [-0.15, -0.1) is 0 Å². The first kappa shape index (κ1) is 9.71. The molecule has 2 nitrogen and oxygen atoms in total. The topological polar surface area (TPSA) is 32.9 Å². The molecule has 15 heavy (non-hydrogen) atoms. The van der Waals surface area contributed by atoms with Gasteiger partial charge in [-0.25, -0.2) is 0 Å².